The second-order valence-electron chi connectivity index (χ2n) is 5.74. The van der Waals surface area contributed by atoms with Gasteiger partial charge < -0.3 is 16.0 Å². The van der Waals surface area contributed by atoms with Crippen LogP contribution in [0, 0.1) is 0 Å². The Morgan fingerprint density at radius 1 is 1.19 bits per heavy atom. The second-order valence-corrected chi connectivity index (χ2v) is 5.74. The zero-order valence-electron chi connectivity index (χ0n) is 12.0. The first-order chi connectivity index (χ1) is 10.2. The third-order valence-corrected chi connectivity index (χ3v) is 3.99. The number of fused-ring (bicyclic) bond motifs is 1. The summed E-state index contributed by atoms with van der Waals surface area (Å²) in [6, 6.07) is 8.29. The lowest BCUT2D eigenvalue weighted by molar-refractivity contribution is -0.123. The molecule has 1 heterocycles. The number of nitrogens with one attached hydrogen (secondary N) is 3. The number of amides is 2. The van der Waals surface area contributed by atoms with E-state index in [-0.39, 0.29) is 17.7 Å². The van der Waals surface area contributed by atoms with E-state index in [0.717, 1.165) is 37.1 Å². The summed E-state index contributed by atoms with van der Waals surface area (Å²) in [5, 5.41) is 9.12. The Kier molecular flexibility index (Phi) is 4.08. The van der Waals surface area contributed by atoms with Crippen molar-refractivity contribution >= 4 is 17.5 Å². The van der Waals surface area contributed by atoms with Crippen molar-refractivity contribution in [3.8, 4) is 0 Å². The highest BCUT2D eigenvalue weighted by molar-refractivity contribution is 5.86. The second kappa shape index (κ2) is 6.16. The molecule has 1 aliphatic heterocycles. The quantitative estimate of drug-likeness (QED) is 0.766. The number of rotatable bonds is 5. The van der Waals surface area contributed by atoms with E-state index in [9.17, 15) is 9.59 Å². The van der Waals surface area contributed by atoms with E-state index in [0.29, 0.717) is 19.0 Å². The van der Waals surface area contributed by atoms with Gasteiger partial charge in [-0.1, -0.05) is 18.2 Å². The van der Waals surface area contributed by atoms with E-state index >= 15 is 0 Å². The van der Waals surface area contributed by atoms with Gasteiger partial charge >= 0.3 is 0 Å². The first-order valence-corrected chi connectivity index (χ1v) is 7.64. The van der Waals surface area contributed by atoms with E-state index in [1.54, 1.807) is 0 Å². The van der Waals surface area contributed by atoms with E-state index in [1.165, 1.54) is 0 Å². The van der Waals surface area contributed by atoms with Gasteiger partial charge in [0.1, 0.15) is 0 Å². The zero-order valence-corrected chi connectivity index (χ0v) is 12.0. The Morgan fingerprint density at radius 2 is 2.00 bits per heavy atom. The maximum atomic E-state index is 12.3. The van der Waals surface area contributed by atoms with Gasteiger partial charge in [-0.2, -0.15) is 0 Å². The van der Waals surface area contributed by atoms with Gasteiger partial charge in [0.05, 0.1) is 5.92 Å². The molecule has 0 radical (unpaired) electrons. The molecule has 1 aromatic carbocycles. The fourth-order valence-corrected chi connectivity index (χ4v) is 2.69. The van der Waals surface area contributed by atoms with Crippen LogP contribution in [-0.2, 0) is 9.59 Å². The summed E-state index contributed by atoms with van der Waals surface area (Å²) < 4.78 is 0. The van der Waals surface area contributed by atoms with Crippen LogP contribution in [0.15, 0.2) is 24.3 Å². The summed E-state index contributed by atoms with van der Waals surface area (Å²) >= 11 is 0. The van der Waals surface area contributed by atoms with Gasteiger partial charge in [0.25, 0.3) is 0 Å². The standard InChI is InChI=1S/C16H21N3O2/c20-15(19-11-5-6-11)8-10-18-16(21)13-7-9-17-14-4-2-1-3-12(13)14/h1-4,11,13,17H,5-10H2,(H,18,21)(H,19,20). The minimum Gasteiger partial charge on any atom is -0.385 e. The minimum absolute atomic E-state index is 0.0168. The number of carbonyl (C=O) groups excluding carboxylic acids is 2. The highest BCUT2D eigenvalue weighted by Crippen LogP contribution is 2.31. The van der Waals surface area contributed by atoms with Crippen LogP contribution in [0.5, 0.6) is 0 Å². The molecule has 0 spiro atoms. The third kappa shape index (κ3) is 3.54. The maximum absolute atomic E-state index is 12.3. The average molecular weight is 287 g/mol. The van der Waals surface area contributed by atoms with Crippen LogP contribution in [0.1, 0.15) is 37.2 Å². The molecular formula is C16H21N3O2. The Bertz CT molecular complexity index is 540. The van der Waals surface area contributed by atoms with Crippen molar-refractivity contribution in [2.45, 2.75) is 37.6 Å². The van der Waals surface area contributed by atoms with Crippen molar-refractivity contribution in [1.29, 1.82) is 0 Å². The molecule has 1 unspecified atom stereocenters. The summed E-state index contributed by atoms with van der Waals surface area (Å²) in [6.07, 6.45) is 3.32. The van der Waals surface area contributed by atoms with Gasteiger partial charge in [0.2, 0.25) is 11.8 Å². The number of benzene rings is 1. The summed E-state index contributed by atoms with van der Waals surface area (Å²) in [5.41, 5.74) is 2.08. The van der Waals surface area contributed by atoms with Crippen molar-refractivity contribution in [2.24, 2.45) is 0 Å². The van der Waals surface area contributed by atoms with Crippen LogP contribution in [-0.4, -0.2) is 30.9 Å². The van der Waals surface area contributed by atoms with Crippen LogP contribution >= 0.6 is 0 Å². The Labute approximate surface area is 124 Å². The van der Waals surface area contributed by atoms with Crippen molar-refractivity contribution in [3.63, 3.8) is 0 Å². The fourth-order valence-electron chi connectivity index (χ4n) is 2.69. The fraction of sp³-hybridized carbons (Fsp3) is 0.500. The normalized spacial score (nSPS) is 20.1. The summed E-state index contributed by atoms with van der Waals surface area (Å²) in [7, 11) is 0. The molecular weight excluding hydrogens is 266 g/mol. The van der Waals surface area contributed by atoms with Crippen LogP contribution in [0.3, 0.4) is 0 Å². The van der Waals surface area contributed by atoms with Crippen LogP contribution in [0.25, 0.3) is 0 Å². The molecule has 0 aromatic heterocycles. The van der Waals surface area contributed by atoms with Gasteiger partial charge in [-0.05, 0) is 30.9 Å². The first kappa shape index (κ1) is 13.9. The van der Waals surface area contributed by atoms with Gasteiger partial charge in [0.15, 0.2) is 0 Å². The topological polar surface area (TPSA) is 70.2 Å². The molecule has 1 aliphatic carbocycles. The lowest BCUT2D eigenvalue weighted by atomic mass is 9.90. The third-order valence-electron chi connectivity index (χ3n) is 3.99. The first-order valence-electron chi connectivity index (χ1n) is 7.64. The van der Waals surface area contributed by atoms with E-state index < -0.39 is 0 Å². The number of para-hydroxylation sites is 1. The molecule has 2 amide bonds. The van der Waals surface area contributed by atoms with Crippen LogP contribution in [0.4, 0.5) is 5.69 Å². The van der Waals surface area contributed by atoms with Crippen LogP contribution in [0.2, 0.25) is 0 Å². The van der Waals surface area contributed by atoms with Crippen LogP contribution < -0.4 is 16.0 Å². The van der Waals surface area contributed by atoms with Gasteiger partial charge in [0, 0.05) is 31.2 Å². The molecule has 5 heteroatoms. The number of hydrogen-bond acceptors (Lipinski definition) is 3. The molecule has 5 nitrogen and oxygen atoms in total. The van der Waals surface area contributed by atoms with E-state index in [4.69, 9.17) is 0 Å². The molecule has 3 N–H and O–H groups in total. The maximum Gasteiger partial charge on any atom is 0.227 e. The molecule has 2 aliphatic rings. The number of carbonyl (C=O) groups is 2. The number of anilines is 1. The minimum atomic E-state index is -0.117. The molecule has 3 rings (SSSR count). The molecule has 0 saturated heterocycles. The summed E-state index contributed by atoms with van der Waals surface area (Å²) in [4.78, 5) is 23.9. The van der Waals surface area contributed by atoms with Gasteiger partial charge in [-0.25, -0.2) is 0 Å². The van der Waals surface area contributed by atoms with Gasteiger partial charge in [-0.15, -0.1) is 0 Å². The smallest absolute Gasteiger partial charge is 0.227 e. The monoisotopic (exact) mass is 287 g/mol. The average Bonchev–Trinajstić information content (AvgIpc) is 3.30. The molecule has 112 valence electrons. The molecule has 0 bridgehead atoms. The zero-order chi connectivity index (χ0) is 14.7. The molecule has 1 aromatic rings. The molecule has 1 atom stereocenters. The largest absolute Gasteiger partial charge is 0.385 e. The van der Waals surface area contributed by atoms with Crippen molar-refractivity contribution < 1.29 is 9.59 Å². The van der Waals surface area contributed by atoms with Gasteiger partial charge in [-0.3, -0.25) is 9.59 Å². The number of hydrogen-bond donors (Lipinski definition) is 3. The summed E-state index contributed by atoms with van der Waals surface area (Å²) in [6.45, 7) is 1.21. The Hall–Kier alpha value is -2.04. The molecule has 1 fully saturated rings. The lowest BCUT2D eigenvalue weighted by Gasteiger charge is -2.25. The highest BCUT2D eigenvalue weighted by atomic mass is 16.2. The predicted molar refractivity (Wildman–Crippen MR) is 81.1 cm³/mol. The lowest BCUT2D eigenvalue weighted by Crippen LogP contribution is -2.36. The van der Waals surface area contributed by atoms with E-state index in [2.05, 4.69) is 16.0 Å². The Morgan fingerprint density at radius 3 is 2.81 bits per heavy atom. The SMILES string of the molecule is O=C(CCNC(=O)C1CCNc2ccccc21)NC1CC1. The highest BCUT2D eigenvalue weighted by Gasteiger charge is 2.26. The van der Waals surface area contributed by atoms with Crippen molar-refractivity contribution in [1.82, 2.24) is 10.6 Å². The van der Waals surface area contributed by atoms with Crippen molar-refractivity contribution in [3.05, 3.63) is 29.8 Å². The molecule has 21 heavy (non-hydrogen) atoms. The summed E-state index contributed by atoms with van der Waals surface area (Å²) in [5.74, 6) is -0.0689. The Balaban J connectivity index is 1.50. The van der Waals surface area contributed by atoms with E-state index in [1.807, 2.05) is 24.3 Å². The molecule has 1 saturated carbocycles. The predicted octanol–water partition coefficient (Wildman–Crippen LogP) is 1.37. The van der Waals surface area contributed by atoms with Crippen molar-refractivity contribution in [2.75, 3.05) is 18.4 Å².